The van der Waals surface area contributed by atoms with Crippen molar-refractivity contribution in [1.82, 2.24) is 10.3 Å². The minimum Gasteiger partial charge on any atom is -0.496 e. The largest absolute Gasteiger partial charge is 0.496 e. The van der Waals surface area contributed by atoms with Gasteiger partial charge in [0.2, 0.25) is 0 Å². The Morgan fingerprint density at radius 1 is 1.34 bits per heavy atom. The lowest BCUT2D eigenvalue weighted by Gasteiger charge is -2.15. The average Bonchev–Trinajstić information content (AvgIpc) is 3.69. The van der Waals surface area contributed by atoms with Crippen LogP contribution >= 0.6 is 11.6 Å². The molecular weight excluding hydrogens is 446 g/mol. The van der Waals surface area contributed by atoms with Gasteiger partial charge in [0.15, 0.2) is 20.2 Å². The summed E-state index contributed by atoms with van der Waals surface area (Å²) in [5.41, 5.74) is 4.71. The number of nitrogens with zero attached hydrogens (tertiary/aromatic N) is 1. The predicted octanol–water partition coefficient (Wildman–Crippen LogP) is 4.35. The number of halogens is 3. The second-order valence-electron chi connectivity index (χ2n) is 6.84. The van der Waals surface area contributed by atoms with Crippen LogP contribution in [0.1, 0.15) is 24.6 Å². The van der Waals surface area contributed by atoms with Crippen LogP contribution in [0.25, 0.3) is 10.9 Å². The maximum Gasteiger partial charge on any atom is 0.319 e. The molecule has 1 aliphatic carbocycles. The van der Waals surface area contributed by atoms with E-state index in [0.717, 1.165) is 0 Å². The fourth-order valence-electron chi connectivity index (χ4n) is 2.88. The van der Waals surface area contributed by atoms with Gasteiger partial charge in [0.1, 0.15) is 16.5 Å². The Bertz CT molecular complexity index is 1350. The molecule has 1 aromatic heterocycles. The lowest BCUT2D eigenvalue weighted by Crippen LogP contribution is -2.30. The number of ether oxygens (including phenoxy) is 2. The van der Waals surface area contributed by atoms with Crippen molar-refractivity contribution in [3.8, 4) is 17.2 Å². The van der Waals surface area contributed by atoms with E-state index in [4.69, 9.17) is 31.0 Å². The molecule has 0 saturated heterocycles. The first kappa shape index (κ1) is 18.0. The van der Waals surface area contributed by atoms with Gasteiger partial charge in [-0.2, -0.15) is 0 Å². The highest BCUT2D eigenvalue weighted by Gasteiger charge is 2.25. The highest BCUT2D eigenvalue weighted by atomic mass is 35.5. The molecule has 4 N–H and O–H groups in total. The number of urea groups is 1. The molecule has 2 aromatic carbocycles. The highest BCUT2D eigenvalue weighted by Crippen LogP contribution is 2.39. The number of nitrogens with two attached hydrogens (primary N) is 1. The van der Waals surface area contributed by atoms with Crippen molar-refractivity contribution in [3.05, 3.63) is 52.7 Å². The smallest absolute Gasteiger partial charge is 0.319 e. The quantitative estimate of drug-likeness (QED) is 0.468. The molecule has 1 fully saturated rings. The Morgan fingerprint density at radius 2 is 2.09 bits per heavy atom. The number of nitrogens with one attached hydrogen (secondary N) is 2. The van der Waals surface area contributed by atoms with Gasteiger partial charge in [-0.3, -0.25) is 9.78 Å². The minimum atomic E-state index is -1.54. The molecule has 3 amide bonds. The molecule has 0 atom stereocenters. The zero-order valence-corrected chi connectivity index (χ0v) is 17.2. The molecule has 0 unspecified atom stereocenters. The number of amides is 3. The van der Waals surface area contributed by atoms with Crippen molar-refractivity contribution in [2.45, 2.75) is 18.9 Å². The molecule has 32 heavy (non-hydrogen) atoms. The maximum absolute atomic E-state index is 15.1. The summed E-state index contributed by atoms with van der Waals surface area (Å²) in [6.45, 7) is 0. The van der Waals surface area contributed by atoms with Gasteiger partial charge in [0.25, 0.3) is 5.91 Å². The maximum atomic E-state index is 15.1. The topological polar surface area (TPSA) is 116 Å². The monoisotopic (exact) mass is 465 g/mol. The third kappa shape index (κ3) is 4.22. The number of pyridine rings is 1. The number of primary amides is 1. The van der Waals surface area contributed by atoms with E-state index < -0.39 is 52.1 Å². The molecule has 0 aliphatic heterocycles. The molecule has 3 aromatic rings. The lowest BCUT2D eigenvalue weighted by atomic mass is 10.1. The summed E-state index contributed by atoms with van der Waals surface area (Å²) in [5.74, 6) is -4.93. The first-order valence-electron chi connectivity index (χ1n) is 10.7. The Hall–Kier alpha value is -3.66. The summed E-state index contributed by atoms with van der Waals surface area (Å²) in [4.78, 5) is 28.2. The van der Waals surface area contributed by atoms with E-state index in [1.165, 1.54) is 31.5 Å². The van der Waals surface area contributed by atoms with Crippen LogP contribution < -0.4 is 25.8 Å². The molecule has 1 saturated carbocycles. The van der Waals surface area contributed by atoms with Gasteiger partial charge in [-0.05, 0) is 25.0 Å². The van der Waals surface area contributed by atoms with Gasteiger partial charge in [0.05, 0.1) is 25.2 Å². The standard InChI is InChI=1S/C21H17ClF2N4O4/c1-31-16-8-13-10(6-11(16)20(25)29)15(4-5-26-13)32-19-12(23)7-14(17(22)18(19)24)28-21(30)27-9-2-3-9/h4-9H,2-3H2,1H3,(H2,25,29)(H2,27,28,30)/i7D/hD2. The molecule has 1 aliphatic rings. The van der Waals surface area contributed by atoms with E-state index in [1.54, 1.807) is 0 Å². The van der Waals surface area contributed by atoms with Gasteiger partial charge in [-0.1, -0.05) is 11.6 Å². The normalized spacial score (nSPS) is 14.3. The van der Waals surface area contributed by atoms with Gasteiger partial charge in [-0.25, -0.2) is 13.6 Å². The summed E-state index contributed by atoms with van der Waals surface area (Å²) in [5, 5.41) is -0.272. The van der Waals surface area contributed by atoms with Crippen LogP contribution in [-0.4, -0.2) is 30.1 Å². The van der Waals surface area contributed by atoms with E-state index in [9.17, 15) is 9.59 Å². The van der Waals surface area contributed by atoms with Gasteiger partial charge in [0, 0.05) is 29.7 Å². The molecule has 8 nitrogen and oxygen atoms in total. The number of benzene rings is 2. The van der Waals surface area contributed by atoms with E-state index in [0.29, 0.717) is 18.2 Å². The first-order valence-corrected chi connectivity index (χ1v) is 9.67. The van der Waals surface area contributed by atoms with Crippen molar-refractivity contribution in [2.24, 2.45) is 5.73 Å². The number of carbonyl (C=O) groups excluding carboxylic acids is 2. The molecular formula is C21H17ClF2N4O4. The first-order chi connectivity index (χ1) is 16.6. The fraction of sp³-hybridized carbons (Fsp3) is 0.190. The number of anilines is 1. The summed E-state index contributed by atoms with van der Waals surface area (Å²) in [6.07, 6.45) is 2.39. The van der Waals surface area contributed by atoms with E-state index in [1.807, 2.05) is 0 Å². The van der Waals surface area contributed by atoms with Crippen LogP contribution in [0.4, 0.5) is 19.3 Å². The van der Waals surface area contributed by atoms with Crippen LogP contribution in [0.5, 0.6) is 17.2 Å². The van der Waals surface area contributed by atoms with Crippen LogP contribution in [0, 0.1) is 11.6 Å². The SMILES string of the molecule is [2H]c1c(F)c(Oc2ccnc3cc(OC)c(C(N)=O)cc23)c(F)c(Cl)c1N([2H])C(=O)N([2H])C1CC1. The number of fused-ring (bicyclic) bond motifs is 1. The Labute approximate surface area is 190 Å². The number of aromatic nitrogens is 1. The number of hydrogen-bond donors (Lipinski definition) is 3. The zero-order valence-electron chi connectivity index (χ0n) is 19.5. The van der Waals surface area contributed by atoms with E-state index >= 15 is 8.78 Å². The predicted molar refractivity (Wildman–Crippen MR) is 113 cm³/mol. The zero-order chi connectivity index (χ0) is 25.6. The second kappa shape index (κ2) is 8.46. The Morgan fingerprint density at radius 3 is 2.75 bits per heavy atom. The molecule has 166 valence electrons. The molecule has 0 spiro atoms. The van der Waals surface area contributed by atoms with Crippen LogP contribution in [0.3, 0.4) is 0 Å². The number of carbonyl (C=O) groups is 2. The average molecular weight is 466 g/mol. The summed E-state index contributed by atoms with van der Waals surface area (Å²) >= 11 is 5.98. The third-order valence-electron chi connectivity index (χ3n) is 4.58. The highest BCUT2D eigenvalue weighted by molar-refractivity contribution is 6.34. The molecule has 0 radical (unpaired) electrons. The summed E-state index contributed by atoms with van der Waals surface area (Å²) < 4.78 is 64.5. The summed E-state index contributed by atoms with van der Waals surface area (Å²) in [6, 6.07) is 1.20. The van der Waals surface area contributed by atoms with E-state index in [2.05, 4.69) is 4.98 Å². The summed E-state index contributed by atoms with van der Waals surface area (Å²) in [7, 11) is 1.32. The van der Waals surface area contributed by atoms with Crippen LogP contribution in [0.15, 0.2) is 30.4 Å². The van der Waals surface area contributed by atoms with Crippen molar-refractivity contribution < 1.29 is 32.0 Å². The van der Waals surface area contributed by atoms with Crippen molar-refractivity contribution in [3.63, 3.8) is 0 Å². The fourth-order valence-corrected chi connectivity index (χ4v) is 3.05. The van der Waals surface area contributed by atoms with Gasteiger partial charge in [-0.15, -0.1) is 0 Å². The van der Waals surface area contributed by atoms with Crippen molar-refractivity contribution in [1.29, 1.82) is 0 Å². The lowest BCUT2D eigenvalue weighted by molar-refractivity contribution is 0.0997. The van der Waals surface area contributed by atoms with E-state index in [-0.39, 0.29) is 33.3 Å². The number of methoxy groups -OCH3 is 1. The van der Waals surface area contributed by atoms with Crippen LogP contribution in [-0.2, 0) is 0 Å². The second-order valence-corrected chi connectivity index (χ2v) is 7.22. The van der Waals surface area contributed by atoms with Crippen molar-refractivity contribution >= 4 is 40.1 Å². The molecule has 4 rings (SSSR count). The van der Waals surface area contributed by atoms with Gasteiger partial charge >= 0.3 is 6.03 Å². The Kier molecular flexibility index (Phi) is 4.75. The third-order valence-corrected chi connectivity index (χ3v) is 4.92. The minimum absolute atomic E-state index is 0.000818. The Balaban J connectivity index is 1.78. The van der Waals surface area contributed by atoms with Gasteiger partial charge < -0.3 is 25.8 Å². The molecule has 11 heteroatoms. The molecule has 0 bridgehead atoms. The molecule has 1 heterocycles. The van der Waals surface area contributed by atoms with Crippen molar-refractivity contribution in [2.75, 3.05) is 12.4 Å². The number of hydrogen-bond acceptors (Lipinski definition) is 5. The number of rotatable bonds is 6. The van der Waals surface area contributed by atoms with Crippen LogP contribution in [0.2, 0.25) is 7.85 Å².